The third-order valence-electron chi connectivity index (χ3n) is 4.24. The number of hydrogen-bond acceptors (Lipinski definition) is 0. The molecule has 1 aromatic carbocycles. The van der Waals surface area contributed by atoms with Gasteiger partial charge in [-0.15, -0.1) is 11.6 Å². The van der Waals surface area contributed by atoms with E-state index in [0.717, 1.165) is 6.42 Å². The first-order valence-corrected chi connectivity index (χ1v) is 7.67. The van der Waals surface area contributed by atoms with Gasteiger partial charge in [0.05, 0.1) is 5.38 Å². The Kier molecular flexibility index (Phi) is 4.06. The van der Waals surface area contributed by atoms with Gasteiger partial charge < -0.3 is 0 Å². The fraction of sp³-hybridized carbons (Fsp3) is 0.647. The smallest absolute Gasteiger partial charge is 0.0588 e. The number of fused-ring (bicyclic) bond motifs is 1. The highest BCUT2D eigenvalue weighted by Crippen LogP contribution is 2.45. The molecule has 1 aromatic rings. The van der Waals surface area contributed by atoms with E-state index in [1.54, 1.807) is 5.56 Å². The van der Waals surface area contributed by atoms with Crippen LogP contribution in [0.2, 0.25) is 0 Å². The van der Waals surface area contributed by atoms with Crippen LogP contribution in [0, 0.1) is 0 Å². The molecular weight excluding hydrogens is 240 g/mol. The Bertz CT molecular complexity index is 414. The molecule has 100 valence electrons. The summed E-state index contributed by atoms with van der Waals surface area (Å²) >= 11 is 6.57. The maximum absolute atomic E-state index is 6.57. The second-order valence-corrected chi connectivity index (χ2v) is 6.90. The summed E-state index contributed by atoms with van der Waals surface area (Å²) in [6.07, 6.45) is 2.34. The molecular formula is C17H25Cl. The summed E-state index contributed by atoms with van der Waals surface area (Å²) in [5.41, 5.74) is 5.91. The molecule has 1 aliphatic rings. The van der Waals surface area contributed by atoms with Gasteiger partial charge >= 0.3 is 0 Å². The predicted octanol–water partition coefficient (Wildman–Crippen LogP) is 6.11. The summed E-state index contributed by atoms with van der Waals surface area (Å²) in [4.78, 5) is 0. The van der Waals surface area contributed by atoms with Gasteiger partial charge in [0.15, 0.2) is 0 Å². The molecule has 0 nitrogen and oxygen atoms in total. The number of rotatable bonds is 2. The second kappa shape index (κ2) is 5.25. The number of hydrogen-bond donors (Lipinski definition) is 0. The van der Waals surface area contributed by atoms with Gasteiger partial charge in [-0.25, -0.2) is 0 Å². The van der Waals surface area contributed by atoms with Crippen LogP contribution in [0.1, 0.15) is 92.8 Å². The van der Waals surface area contributed by atoms with E-state index in [9.17, 15) is 0 Å². The molecule has 0 fully saturated rings. The van der Waals surface area contributed by atoms with Crippen molar-refractivity contribution in [1.29, 1.82) is 0 Å². The lowest BCUT2D eigenvalue weighted by molar-refractivity contribution is 0.567. The minimum Gasteiger partial charge on any atom is -0.118 e. The molecule has 0 saturated heterocycles. The van der Waals surface area contributed by atoms with Crippen molar-refractivity contribution in [3.05, 3.63) is 34.4 Å². The van der Waals surface area contributed by atoms with Crippen molar-refractivity contribution in [3.63, 3.8) is 0 Å². The average molecular weight is 265 g/mol. The molecule has 0 N–H and O–H groups in total. The first kappa shape index (κ1) is 13.9. The summed E-state index contributed by atoms with van der Waals surface area (Å²) in [5.74, 6) is 1.82. The molecule has 2 atom stereocenters. The maximum atomic E-state index is 6.57. The van der Waals surface area contributed by atoms with Gasteiger partial charge in [-0.2, -0.15) is 0 Å². The zero-order chi connectivity index (χ0) is 13.4. The highest BCUT2D eigenvalue weighted by atomic mass is 35.5. The average Bonchev–Trinajstić information content (AvgIpc) is 2.32. The molecule has 0 aliphatic heterocycles. The van der Waals surface area contributed by atoms with E-state index in [4.69, 9.17) is 11.6 Å². The number of alkyl halides is 1. The molecule has 0 spiro atoms. The topological polar surface area (TPSA) is 0 Å². The Morgan fingerprint density at radius 3 is 2.28 bits per heavy atom. The number of benzene rings is 1. The lowest BCUT2D eigenvalue weighted by Crippen LogP contribution is -2.14. The van der Waals surface area contributed by atoms with Crippen molar-refractivity contribution in [2.45, 2.75) is 70.6 Å². The summed E-state index contributed by atoms with van der Waals surface area (Å²) in [6, 6.07) is 4.78. The molecule has 0 saturated carbocycles. The van der Waals surface area contributed by atoms with E-state index in [2.05, 4.69) is 46.8 Å². The Morgan fingerprint density at radius 1 is 1.06 bits per heavy atom. The lowest BCUT2D eigenvalue weighted by Gasteiger charge is -2.31. The summed E-state index contributed by atoms with van der Waals surface area (Å²) < 4.78 is 0. The summed E-state index contributed by atoms with van der Waals surface area (Å²) in [6.45, 7) is 11.5. The van der Waals surface area contributed by atoms with Gasteiger partial charge in [0, 0.05) is 0 Å². The van der Waals surface area contributed by atoms with Crippen LogP contribution in [-0.4, -0.2) is 0 Å². The van der Waals surface area contributed by atoms with Crippen molar-refractivity contribution >= 4 is 11.6 Å². The Hall–Kier alpha value is -0.490. The van der Waals surface area contributed by atoms with Crippen LogP contribution in [0.25, 0.3) is 0 Å². The first-order valence-electron chi connectivity index (χ1n) is 7.23. The largest absolute Gasteiger partial charge is 0.118 e. The van der Waals surface area contributed by atoms with Gasteiger partial charge in [0.2, 0.25) is 0 Å². The van der Waals surface area contributed by atoms with Gasteiger partial charge in [-0.3, -0.25) is 0 Å². The van der Waals surface area contributed by atoms with Crippen molar-refractivity contribution in [1.82, 2.24) is 0 Å². The van der Waals surface area contributed by atoms with Crippen LogP contribution >= 0.6 is 11.6 Å². The van der Waals surface area contributed by atoms with Gasteiger partial charge in [0.1, 0.15) is 0 Å². The van der Waals surface area contributed by atoms with Crippen LogP contribution in [0.15, 0.2) is 12.1 Å². The lowest BCUT2D eigenvalue weighted by atomic mass is 9.76. The maximum Gasteiger partial charge on any atom is 0.0588 e. The molecule has 2 unspecified atom stereocenters. The predicted molar refractivity (Wildman–Crippen MR) is 80.9 cm³/mol. The Morgan fingerprint density at radius 2 is 1.72 bits per heavy atom. The van der Waals surface area contributed by atoms with Crippen LogP contribution in [0.4, 0.5) is 0 Å². The highest BCUT2D eigenvalue weighted by Gasteiger charge is 2.27. The quantitative estimate of drug-likeness (QED) is 0.565. The second-order valence-electron chi connectivity index (χ2n) is 6.37. The molecule has 1 heteroatoms. The van der Waals surface area contributed by atoms with Gasteiger partial charge in [-0.1, -0.05) is 46.8 Å². The van der Waals surface area contributed by atoms with Crippen molar-refractivity contribution < 1.29 is 0 Å². The van der Waals surface area contributed by atoms with E-state index in [1.165, 1.54) is 23.1 Å². The van der Waals surface area contributed by atoms with Crippen LogP contribution in [0.3, 0.4) is 0 Å². The minimum atomic E-state index is 0.215. The van der Waals surface area contributed by atoms with E-state index < -0.39 is 0 Å². The first-order chi connectivity index (χ1) is 8.41. The van der Waals surface area contributed by atoms with E-state index >= 15 is 0 Å². The van der Waals surface area contributed by atoms with Gasteiger partial charge in [0.25, 0.3) is 0 Å². The monoisotopic (exact) mass is 264 g/mol. The fourth-order valence-electron chi connectivity index (χ4n) is 3.06. The molecule has 1 aliphatic carbocycles. The third kappa shape index (κ3) is 2.45. The van der Waals surface area contributed by atoms with E-state index in [-0.39, 0.29) is 5.38 Å². The molecule has 2 rings (SSSR count). The standard InChI is InChI=1S/C17H25Cl/c1-10(2)13-8-14(11(3)4)17-12(5)6-7-16(18)15(17)9-13/h8-12,16H,6-7H2,1-5H3. The summed E-state index contributed by atoms with van der Waals surface area (Å²) in [5, 5.41) is 0.215. The Labute approximate surface area is 117 Å². The van der Waals surface area contributed by atoms with Crippen molar-refractivity contribution in [2.75, 3.05) is 0 Å². The zero-order valence-electron chi connectivity index (χ0n) is 12.3. The van der Waals surface area contributed by atoms with E-state index in [0.29, 0.717) is 17.8 Å². The van der Waals surface area contributed by atoms with Crippen LogP contribution in [0.5, 0.6) is 0 Å². The number of halogens is 1. The van der Waals surface area contributed by atoms with Crippen LogP contribution < -0.4 is 0 Å². The molecule has 0 radical (unpaired) electrons. The fourth-order valence-corrected chi connectivity index (χ4v) is 3.36. The molecule has 0 aromatic heterocycles. The third-order valence-corrected chi connectivity index (χ3v) is 4.69. The SMILES string of the molecule is CC(C)c1cc(C(C)C)c2c(c1)C(Cl)CCC2C. The molecule has 0 bridgehead atoms. The summed E-state index contributed by atoms with van der Waals surface area (Å²) in [7, 11) is 0. The zero-order valence-corrected chi connectivity index (χ0v) is 13.0. The van der Waals surface area contributed by atoms with Crippen LogP contribution in [-0.2, 0) is 0 Å². The Balaban J connectivity index is 2.64. The van der Waals surface area contributed by atoms with Gasteiger partial charge in [-0.05, 0) is 52.8 Å². The normalized spacial score (nSPS) is 23.6. The minimum absolute atomic E-state index is 0.215. The van der Waals surface area contributed by atoms with E-state index in [1.807, 2.05) is 0 Å². The van der Waals surface area contributed by atoms with Crippen molar-refractivity contribution in [3.8, 4) is 0 Å². The molecule has 18 heavy (non-hydrogen) atoms. The molecule has 0 amide bonds. The highest BCUT2D eigenvalue weighted by molar-refractivity contribution is 6.21. The van der Waals surface area contributed by atoms with Crippen molar-refractivity contribution in [2.24, 2.45) is 0 Å². The molecule has 0 heterocycles.